The highest BCUT2D eigenvalue weighted by atomic mass is 32.1. The van der Waals surface area contributed by atoms with Gasteiger partial charge in [0.1, 0.15) is 16.5 Å². The molecule has 0 bridgehead atoms. The summed E-state index contributed by atoms with van der Waals surface area (Å²) in [6.07, 6.45) is 2.20. The van der Waals surface area contributed by atoms with Gasteiger partial charge in [-0.1, -0.05) is 0 Å². The molecule has 33 heavy (non-hydrogen) atoms. The summed E-state index contributed by atoms with van der Waals surface area (Å²) in [6, 6.07) is 8.16. The maximum atomic E-state index is 13.1. The summed E-state index contributed by atoms with van der Waals surface area (Å²) < 4.78 is 13.1. The fourth-order valence-electron chi connectivity index (χ4n) is 3.72. The summed E-state index contributed by atoms with van der Waals surface area (Å²) in [5.74, 6) is 0.274. The molecule has 4 rings (SSSR count). The number of aromatic nitrogens is 4. The topological polar surface area (TPSA) is 94.7 Å². The van der Waals surface area contributed by atoms with E-state index in [4.69, 9.17) is 0 Å². The molecule has 7 nitrogen and oxygen atoms in total. The molecule has 1 amide bonds. The van der Waals surface area contributed by atoms with Gasteiger partial charge >= 0.3 is 0 Å². The Bertz CT molecular complexity index is 1340. The summed E-state index contributed by atoms with van der Waals surface area (Å²) in [5, 5.41) is 7.93. The highest BCUT2D eigenvalue weighted by Crippen LogP contribution is 2.25. The van der Waals surface area contributed by atoms with E-state index in [2.05, 4.69) is 20.2 Å². The highest BCUT2D eigenvalue weighted by molar-refractivity contribution is 7.18. The number of halogens is 1. The Kier molecular flexibility index (Phi) is 6.69. The second-order valence-electron chi connectivity index (χ2n) is 8.18. The standard InChI is InChI=1S/C24H26FN5O2S/c1-14-15(2)33-24-22(14)23(32)26-20(27-24)10-11-21(31)30(3)12-4-5-18-13-19(29-28-18)16-6-8-17(25)9-7-16/h6-9,13H,4-5,10-12H2,1-3H3,(H,28,29)(H,26,27,32). The third-order valence-electron chi connectivity index (χ3n) is 5.80. The largest absolute Gasteiger partial charge is 0.346 e. The van der Waals surface area contributed by atoms with Crippen LogP contribution in [0, 0.1) is 19.7 Å². The van der Waals surface area contributed by atoms with Crippen LogP contribution in [-0.2, 0) is 17.6 Å². The first-order valence-electron chi connectivity index (χ1n) is 10.8. The molecule has 0 atom stereocenters. The number of rotatable bonds is 8. The van der Waals surface area contributed by atoms with Crippen LogP contribution in [0.4, 0.5) is 4.39 Å². The van der Waals surface area contributed by atoms with Crippen molar-refractivity contribution in [2.75, 3.05) is 13.6 Å². The minimum absolute atomic E-state index is 0.00731. The monoisotopic (exact) mass is 467 g/mol. The van der Waals surface area contributed by atoms with E-state index in [0.29, 0.717) is 24.2 Å². The molecule has 0 aliphatic heterocycles. The van der Waals surface area contributed by atoms with E-state index >= 15 is 0 Å². The SMILES string of the molecule is Cc1sc2nc(CCC(=O)N(C)CCCc3cc(-c4ccc(F)cc4)n[nH]3)[nH]c(=O)c2c1C. The number of thiophene rings is 1. The van der Waals surface area contributed by atoms with Crippen molar-refractivity contribution >= 4 is 27.5 Å². The molecule has 0 fully saturated rings. The van der Waals surface area contributed by atoms with E-state index in [9.17, 15) is 14.0 Å². The lowest BCUT2D eigenvalue weighted by Crippen LogP contribution is -2.28. The molecule has 0 spiro atoms. The fraction of sp³-hybridized carbons (Fsp3) is 0.333. The Hall–Kier alpha value is -3.33. The number of aryl methyl sites for hydroxylation is 4. The third kappa shape index (κ3) is 5.19. The zero-order chi connectivity index (χ0) is 23.5. The minimum atomic E-state index is -0.276. The molecule has 3 heterocycles. The minimum Gasteiger partial charge on any atom is -0.346 e. The van der Waals surface area contributed by atoms with Crippen LogP contribution in [0.5, 0.6) is 0 Å². The Balaban J connectivity index is 1.27. The molecule has 4 aromatic rings. The number of hydrogen-bond acceptors (Lipinski definition) is 5. The number of H-pyrrole nitrogens is 2. The van der Waals surface area contributed by atoms with Crippen LogP contribution < -0.4 is 5.56 Å². The van der Waals surface area contributed by atoms with Crippen LogP contribution in [0.3, 0.4) is 0 Å². The van der Waals surface area contributed by atoms with Gasteiger partial charge in [-0.25, -0.2) is 9.37 Å². The van der Waals surface area contributed by atoms with Gasteiger partial charge in [0.05, 0.1) is 11.1 Å². The fourth-order valence-corrected chi connectivity index (χ4v) is 4.77. The molecular formula is C24H26FN5O2S. The molecule has 3 aromatic heterocycles. The van der Waals surface area contributed by atoms with Crippen LogP contribution in [0.25, 0.3) is 21.5 Å². The Labute approximate surface area is 194 Å². The van der Waals surface area contributed by atoms with Crippen LogP contribution in [0.1, 0.15) is 34.8 Å². The lowest BCUT2D eigenvalue weighted by molar-refractivity contribution is -0.129. The predicted octanol–water partition coefficient (Wildman–Crippen LogP) is 4.15. The van der Waals surface area contributed by atoms with Gasteiger partial charge in [0.2, 0.25) is 5.91 Å². The molecule has 0 unspecified atom stereocenters. The van der Waals surface area contributed by atoms with Gasteiger partial charge in [0, 0.05) is 42.6 Å². The summed E-state index contributed by atoms with van der Waals surface area (Å²) in [7, 11) is 1.78. The first-order valence-corrected chi connectivity index (χ1v) is 11.7. The van der Waals surface area contributed by atoms with Crippen molar-refractivity contribution in [1.29, 1.82) is 0 Å². The third-order valence-corrected chi connectivity index (χ3v) is 6.90. The van der Waals surface area contributed by atoms with E-state index in [0.717, 1.165) is 45.1 Å². The van der Waals surface area contributed by atoms with E-state index in [1.54, 1.807) is 24.1 Å². The number of benzene rings is 1. The molecule has 9 heteroatoms. The van der Waals surface area contributed by atoms with E-state index in [1.165, 1.54) is 23.5 Å². The first-order chi connectivity index (χ1) is 15.8. The molecule has 1 aromatic carbocycles. The summed E-state index contributed by atoms with van der Waals surface area (Å²) in [5.41, 5.74) is 3.41. The van der Waals surface area contributed by atoms with E-state index < -0.39 is 0 Å². The lowest BCUT2D eigenvalue weighted by atomic mass is 10.1. The number of amides is 1. The number of nitrogens with zero attached hydrogens (tertiary/aromatic N) is 3. The van der Waals surface area contributed by atoms with Crippen molar-refractivity contribution in [3.05, 3.63) is 68.5 Å². The normalized spacial score (nSPS) is 11.3. The van der Waals surface area contributed by atoms with Crippen LogP contribution in [-0.4, -0.2) is 44.6 Å². The number of aromatic amines is 2. The molecular weight excluding hydrogens is 441 g/mol. The predicted molar refractivity (Wildman–Crippen MR) is 128 cm³/mol. The van der Waals surface area contributed by atoms with Gasteiger partial charge in [0.25, 0.3) is 5.56 Å². The number of carbonyl (C=O) groups excluding carboxylic acids is 1. The molecule has 0 aliphatic carbocycles. The van der Waals surface area contributed by atoms with Crippen LogP contribution >= 0.6 is 11.3 Å². The molecule has 0 aliphatic rings. The molecule has 172 valence electrons. The quantitative estimate of drug-likeness (QED) is 0.407. The molecule has 0 radical (unpaired) electrons. The Morgan fingerprint density at radius 3 is 2.70 bits per heavy atom. The van der Waals surface area contributed by atoms with Gasteiger partial charge < -0.3 is 9.88 Å². The van der Waals surface area contributed by atoms with Crippen LogP contribution in [0.15, 0.2) is 35.1 Å². The van der Waals surface area contributed by atoms with Crippen LogP contribution in [0.2, 0.25) is 0 Å². The summed E-state index contributed by atoms with van der Waals surface area (Å²) >= 11 is 1.51. The number of carbonyl (C=O) groups is 1. The smallest absolute Gasteiger partial charge is 0.259 e. The van der Waals surface area contributed by atoms with Crippen molar-refractivity contribution < 1.29 is 9.18 Å². The second kappa shape index (κ2) is 9.66. The van der Waals surface area contributed by atoms with E-state index in [-0.39, 0.29) is 23.7 Å². The Morgan fingerprint density at radius 2 is 1.94 bits per heavy atom. The summed E-state index contributed by atoms with van der Waals surface area (Å²) in [4.78, 5) is 35.8. The average Bonchev–Trinajstić information content (AvgIpc) is 3.37. The summed E-state index contributed by atoms with van der Waals surface area (Å²) in [6.45, 7) is 4.51. The van der Waals surface area contributed by atoms with Crippen molar-refractivity contribution in [3.63, 3.8) is 0 Å². The first kappa shape index (κ1) is 22.8. The zero-order valence-corrected chi connectivity index (χ0v) is 19.7. The van der Waals surface area contributed by atoms with E-state index in [1.807, 2.05) is 19.9 Å². The van der Waals surface area contributed by atoms with Gasteiger partial charge in [-0.05, 0) is 62.6 Å². The number of fused-ring (bicyclic) bond motifs is 1. The maximum absolute atomic E-state index is 13.1. The highest BCUT2D eigenvalue weighted by Gasteiger charge is 2.14. The molecule has 0 saturated heterocycles. The molecule has 0 saturated carbocycles. The van der Waals surface area contributed by atoms with Gasteiger partial charge in [-0.3, -0.25) is 14.7 Å². The zero-order valence-electron chi connectivity index (χ0n) is 18.9. The maximum Gasteiger partial charge on any atom is 0.259 e. The van der Waals surface area contributed by atoms with Crippen molar-refractivity contribution in [2.45, 2.75) is 39.5 Å². The van der Waals surface area contributed by atoms with Crippen molar-refractivity contribution in [1.82, 2.24) is 25.1 Å². The van der Waals surface area contributed by atoms with Gasteiger partial charge in [-0.2, -0.15) is 5.10 Å². The molecule has 2 N–H and O–H groups in total. The van der Waals surface area contributed by atoms with Crippen molar-refractivity contribution in [3.8, 4) is 11.3 Å². The van der Waals surface area contributed by atoms with Gasteiger partial charge in [-0.15, -0.1) is 11.3 Å². The lowest BCUT2D eigenvalue weighted by Gasteiger charge is -2.16. The second-order valence-corrected chi connectivity index (χ2v) is 9.38. The Morgan fingerprint density at radius 1 is 1.18 bits per heavy atom. The number of nitrogens with one attached hydrogen (secondary N) is 2. The van der Waals surface area contributed by atoms with Gasteiger partial charge in [0.15, 0.2) is 0 Å². The number of hydrogen-bond donors (Lipinski definition) is 2. The average molecular weight is 468 g/mol. The van der Waals surface area contributed by atoms with Crippen molar-refractivity contribution in [2.24, 2.45) is 0 Å².